The predicted octanol–water partition coefficient (Wildman–Crippen LogP) is 3.61. The summed E-state index contributed by atoms with van der Waals surface area (Å²) in [7, 11) is 1.86. The van der Waals surface area contributed by atoms with Gasteiger partial charge in [0, 0.05) is 31.5 Å². The summed E-state index contributed by atoms with van der Waals surface area (Å²) in [5, 5.41) is 9.03. The maximum absolute atomic E-state index is 13.2. The van der Waals surface area contributed by atoms with E-state index >= 15 is 0 Å². The van der Waals surface area contributed by atoms with Crippen LogP contribution in [0.15, 0.2) is 60.7 Å². The summed E-state index contributed by atoms with van der Waals surface area (Å²) in [5.41, 5.74) is 2.31. The highest BCUT2D eigenvalue weighted by atomic mass is 16.4. The number of carboxylic acids is 1. The topological polar surface area (TPSA) is 60.9 Å². The van der Waals surface area contributed by atoms with Gasteiger partial charge in [0.05, 0.1) is 6.54 Å². The summed E-state index contributed by atoms with van der Waals surface area (Å²) in [6, 6.07) is 20.6. The maximum atomic E-state index is 13.2. The van der Waals surface area contributed by atoms with E-state index in [0.29, 0.717) is 13.0 Å². The lowest BCUT2D eigenvalue weighted by molar-refractivity contribution is -0.138. The van der Waals surface area contributed by atoms with Crippen LogP contribution < -0.4 is 0 Å². The van der Waals surface area contributed by atoms with Crippen LogP contribution in [0.3, 0.4) is 0 Å². The SMILES string of the molecule is CN(CC(=O)O)C1CCCN(C(=O)CC(c2ccccc2)c2ccccc2)CC1. The zero-order valence-corrected chi connectivity index (χ0v) is 17.0. The molecule has 1 heterocycles. The summed E-state index contributed by atoms with van der Waals surface area (Å²) < 4.78 is 0. The Morgan fingerprint density at radius 1 is 1.00 bits per heavy atom. The molecule has 0 saturated carbocycles. The third-order valence-electron chi connectivity index (χ3n) is 5.84. The molecule has 0 bridgehead atoms. The number of carboxylic acid groups (broad SMARTS) is 1. The van der Waals surface area contributed by atoms with E-state index in [2.05, 4.69) is 24.3 Å². The smallest absolute Gasteiger partial charge is 0.317 e. The Balaban J connectivity index is 1.68. The second-order valence-corrected chi connectivity index (χ2v) is 7.85. The molecule has 1 aliphatic rings. The van der Waals surface area contributed by atoms with Crippen molar-refractivity contribution in [3.05, 3.63) is 71.8 Å². The molecule has 1 N–H and O–H groups in total. The van der Waals surface area contributed by atoms with Gasteiger partial charge in [0.25, 0.3) is 0 Å². The number of amides is 1. The third kappa shape index (κ3) is 5.91. The number of benzene rings is 2. The molecule has 29 heavy (non-hydrogen) atoms. The first-order valence-electron chi connectivity index (χ1n) is 10.3. The van der Waals surface area contributed by atoms with E-state index in [1.54, 1.807) is 0 Å². The van der Waals surface area contributed by atoms with E-state index in [4.69, 9.17) is 5.11 Å². The molecule has 1 amide bonds. The lowest BCUT2D eigenvalue weighted by atomic mass is 9.88. The summed E-state index contributed by atoms with van der Waals surface area (Å²) in [4.78, 5) is 28.0. The Bertz CT molecular complexity index is 755. The summed E-state index contributed by atoms with van der Waals surface area (Å²) in [6.45, 7) is 1.47. The van der Waals surface area contributed by atoms with Crippen molar-refractivity contribution in [1.29, 1.82) is 0 Å². The molecule has 0 radical (unpaired) electrons. The van der Waals surface area contributed by atoms with E-state index in [0.717, 1.165) is 36.9 Å². The number of nitrogens with zero attached hydrogens (tertiary/aromatic N) is 2. The third-order valence-corrected chi connectivity index (χ3v) is 5.84. The Morgan fingerprint density at radius 2 is 1.59 bits per heavy atom. The molecule has 5 nitrogen and oxygen atoms in total. The van der Waals surface area contributed by atoms with Gasteiger partial charge in [-0.25, -0.2) is 0 Å². The molecule has 5 heteroatoms. The molecule has 1 saturated heterocycles. The molecule has 1 unspecified atom stereocenters. The minimum absolute atomic E-state index is 0.0404. The summed E-state index contributed by atoms with van der Waals surface area (Å²) in [6.07, 6.45) is 3.09. The van der Waals surface area contributed by atoms with Crippen LogP contribution in [0.4, 0.5) is 0 Å². The van der Waals surface area contributed by atoms with Crippen LogP contribution in [0.1, 0.15) is 42.7 Å². The van der Waals surface area contributed by atoms with Crippen molar-refractivity contribution in [2.45, 2.75) is 37.6 Å². The highest BCUT2D eigenvalue weighted by Gasteiger charge is 2.26. The molecule has 0 aromatic heterocycles. The quantitative estimate of drug-likeness (QED) is 0.779. The molecule has 1 atom stereocenters. The molecule has 2 aromatic carbocycles. The fraction of sp³-hybridized carbons (Fsp3) is 0.417. The van der Waals surface area contributed by atoms with Gasteiger partial charge in [0.15, 0.2) is 0 Å². The number of likely N-dealkylation sites (tertiary alicyclic amines) is 1. The first kappa shape index (κ1) is 21.1. The second-order valence-electron chi connectivity index (χ2n) is 7.85. The number of aliphatic carboxylic acids is 1. The van der Waals surface area contributed by atoms with Gasteiger partial charge >= 0.3 is 5.97 Å². The molecular formula is C24H30N2O3. The van der Waals surface area contributed by atoms with Gasteiger partial charge in [-0.2, -0.15) is 0 Å². The minimum atomic E-state index is -0.807. The Labute approximate surface area is 172 Å². The Morgan fingerprint density at radius 3 is 2.14 bits per heavy atom. The van der Waals surface area contributed by atoms with E-state index in [-0.39, 0.29) is 24.4 Å². The number of rotatable bonds is 7. The molecule has 3 rings (SSSR count). The molecule has 2 aromatic rings. The highest BCUT2D eigenvalue weighted by Crippen LogP contribution is 2.29. The van der Waals surface area contributed by atoms with Crippen LogP contribution in [-0.2, 0) is 9.59 Å². The van der Waals surface area contributed by atoms with Crippen LogP contribution >= 0.6 is 0 Å². The van der Waals surface area contributed by atoms with E-state index in [9.17, 15) is 9.59 Å². The maximum Gasteiger partial charge on any atom is 0.317 e. The number of carbonyl (C=O) groups excluding carboxylic acids is 1. The normalized spacial score (nSPS) is 17.3. The van der Waals surface area contributed by atoms with Gasteiger partial charge in [-0.15, -0.1) is 0 Å². The lowest BCUT2D eigenvalue weighted by Gasteiger charge is -2.26. The van der Waals surface area contributed by atoms with Gasteiger partial charge in [-0.05, 0) is 37.4 Å². The molecule has 1 aliphatic heterocycles. The van der Waals surface area contributed by atoms with Gasteiger partial charge in [0.2, 0.25) is 5.91 Å². The zero-order valence-electron chi connectivity index (χ0n) is 17.0. The lowest BCUT2D eigenvalue weighted by Crippen LogP contribution is -2.37. The first-order chi connectivity index (χ1) is 14.0. The number of hydrogen-bond donors (Lipinski definition) is 1. The summed E-state index contributed by atoms with van der Waals surface area (Å²) in [5.74, 6) is -0.596. The van der Waals surface area contributed by atoms with Gasteiger partial charge in [-0.1, -0.05) is 60.7 Å². The molecular weight excluding hydrogens is 364 g/mol. The average molecular weight is 395 g/mol. The highest BCUT2D eigenvalue weighted by molar-refractivity contribution is 5.78. The summed E-state index contributed by atoms with van der Waals surface area (Å²) >= 11 is 0. The van der Waals surface area contributed by atoms with Crippen LogP contribution in [0.2, 0.25) is 0 Å². The Kier molecular flexibility index (Phi) is 7.42. The molecule has 0 aliphatic carbocycles. The van der Waals surface area contributed by atoms with Crippen molar-refractivity contribution in [1.82, 2.24) is 9.80 Å². The number of carbonyl (C=O) groups is 2. The Hall–Kier alpha value is -2.66. The van der Waals surface area contributed by atoms with Gasteiger partial charge in [-0.3, -0.25) is 14.5 Å². The zero-order chi connectivity index (χ0) is 20.6. The van der Waals surface area contributed by atoms with Crippen LogP contribution in [0.25, 0.3) is 0 Å². The van der Waals surface area contributed by atoms with E-state index in [1.807, 2.05) is 53.2 Å². The van der Waals surface area contributed by atoms with Crippen LogP contribution in [0.5, 0.6) is 0 Å². The average Bonchev–Trinajstić information content (AvgIpc) is 2.99. The number of hydrogen-bond acceptors (Lipinski definition) is 3. The van der Waals surface area contributed by atoms with Crippen LogP contribution in [-0.4, -0.2) is 59.5 Å². The monoisotopic (exact) mass is 394 g/mol. The van der Waals surface area contributed by atoms with Crippen molar-refractivity contribution in [3.63, 3.8) is 0 Å². The van der Waals surface area contributed by atoms with Crippen LogP contribution in [0, 0.1) is 0 Å². The standard InChI is InChI=1S/C24H30N2O3/c1-25(18-24(28)29)21-13-8-15-26(16-14-21)23(27)17-22(19-9-4-2-5-10-19)20-11-6-3-7-12-20/h2-7,9-12,21-22H,8,13-18H2,1H3,(H,28,29). The van der Waals surface area contributed by atoms with Crippen molar-refractivity contribution in [3.8, 4) is 0 Å². The predicted molar refractivity (Wildman–Crippen MR) is 114 cm³/mol. The largest absolute Gasteiger partial charge is 0.480 e. The van der Waals surface area contributed by atoms with Crippen molar-refractivity contribution >= 4 is 11.9 Å². The first-order valence-corrected chi connectivity index (χ1v) is 10.3. The fourth-order valence-corrected chi connectivity index (χ4v) is 4.21. The molecule has 0 spiro atoms. The second kappa shape index (κ2) is 10.2. The van der Waals surface area contributed by atoms with Crippen molar-refractivity contribution in [2.75, 3.05) is 26.7 Å². The van der Waals surface area contributed by atoms with Gasteiger partial charge < -0.3 is 10.0 Å². The molecule has 154 valence electrons. The van der Waals surface area contributed by atoms with E-state index < -0.39 is 5.97 Å². The van der Waals surface area contributed by atoms with Crippen molar-refractivity contribution in [2.24, 2.45) is 0 Å². The number of likely N-dealkylation sites (N-methyl/N-ethyl adjacent to an activating group) is 1. The molecule has 1 fully saturated rings. The van der Waals surface area contributed by atoms with E-state index in [1.165, 1.54) is 0 Å². The van der Waals surface area contributed by atoms with Crippen molar-refractivity contribution < 1.29 is 14.7 Å². The fourth-order valence-electron chi connectivity index (χ4n) is 4.21. The minimum Gasteiger partial charge on any atom is -0.480 e. The van der Waals surface area contributed by atoms with Gasteiger partial charge in [0.1, 0.15) is 0 Å².